The van der Waals surface area contributed by atoms with Crippen molar-refractivity contribution in [3.8, 4) is 5.88 Å². The van der Waals surface area contributed by atoms with Crippen LogP contribution in [0.1, 0.15) is 18.2 Å². The summed E-state index contributed by atoms with van der Waals surface area (Å²) in [5.41, 5.74) is 0.842. The van der Waals surface area contributed by atoms with Crippen molar-refractivity contribution >= 4 is 12.0 Å². The summed E-state index contributed by atoms with van der Waals surface area (Å²) < 4.78 is 10.5. The molecule has 2 heterocycles. The van der Waals surface area contributed by atoms with E-state index < -0.39 is 0 Å². The normalized spacial score (nSPS) is 10.7. The summed E-state index contributed by atoms with van der Waals surface area (Å²) >= 11 is 0. The van der Waals surface area contributed by atoms with Crippen LogP contribution in [-0.4, -0.2) is 17.5 Å². The number of nitrogens with one attached hydrogen (secondary N) is 1. The van der Waals surface area contributed by atoms with Gasteiger partial charge in [-0.1, -0.05) is 6.07 Å². The molecule has 2 aromatic rings. The molecule has 20 heavy (non-hydrogen) atoms. The zero-order valence-corrected chi connectivity index (χ0v) is 11.2. The van der Waals surface area contributed by atoms with Crippen LogP contribution < -0.4 is 10.1 Å². The summed E-state index contributed by atoms with van der Waals surface area (Å²) in [6, 6.07) is 7.22. The predicted octanol–water partition coefficient (Wildman–Crippen LogP) is 2.40. The second-order valence-electron chi connectivity index (χ2n) is 3.97. The number of carbonyl (C=O) groups excluding carboxylic acids is 1. The van der Waals surface area contributed by atoms with Crippen molar-refractivity contribution in [3.05, 3.63) is 54.1 Å². The van der Waals surface area contributed by atoms with Crippen LogP contribution in [0.4, 0.5) is 0 Å². The van der Waals surface area contributed by atoms with Gasteiger partial charge in [-0.05, 0) is 31.2 Å². The lowest BCUT2D eigenvalue weighted by Gasteiger charge is -2.08. The maximum Gasteiger partial charge on any atom is 0.244 e. The molecule has 0 saturated heterocycles. The number of carbonyl (C=O) groups is 1. The van der Waals surface area contributed by atoms with Gasteiger partial charge in [0, 0.05) is 24.4 Å². The first kappa shape index (κ1) is 13.9. The molecule has 0 atom stereocenters. The molecule has 2 aromatic heterocycles. The van der Waals surface area contributed by atoms with E-state index in [9.17, 15) is 4.79 Å². The summed E-state index contributed by atoms with van der Waals surface area (Å²) in [4.78, 5) is 15.8. The van der Waals surface area contributed by atoms with Crippen LogP contribution in [0.25, 0.3) is 6.08 Å². The van der Waals surface area contributed by atoms with E-state index in [0.29, 0.717) is 24.8 Å². The summed E-state index contributed by atoms with van der Waals surface area (Å²) in [7, 11) is 0. The highest BCUT2D eigenvalue weighted by atomic mass is 16.5. The lowest BCUT2D eigenvalue weighted by atomic mass is 10.2. The average molecular weight is 272 g/mol. The van der Waals surface area contributed by atoms with Gasteiger partial charge in [0.1, 0.15) is 5.76 Å². The molecule has 1 N–H and O–H groups in total. The Morgan fingerprint density at radius 2 is 2.35 bits per heavy atom. The predicted molar refractivity (Wildman–Crippen MR) is 75.0 cm³/mol. The first-order valence-corrected chi connectivity index (χ1v) is 6.35. The van der Waals surface area contributed by atoms with Gasteiger partial charge in [0.2, 0.25) is 11.8 Å². The fourth-order valence-electron chi connectivity index (χ4n) is 1.61. The van der Waals surface area contributed by atoms with Crippen LogP contribution in [0, 0.1) is 0 Å². The highest BCUT2D eigenvalue weighted by Crippen LogP contribution is 2.13. The fraction of sp³-hybridized carbons (Fsp3) is 0.200. The lowest BCUT2D eigenvalue weighted by molar-refractivity contribution is -0.116. The molecule has 0 aromatic carbocycles. The topological polar surface area (TPSA) is 64.4 Å². The third kappa shape index (κ3) is 3.98. The number of furan rings is 1. The van der Waals surface area contributed by atoms with E-state index in [4.69, 9.17) is 9.15 Å². The molecule has 0 aliphatic carbocycles. The van der Waals surface area contributed by atoms with Gasteiger partial charge in [0.15, 0.2) is 0 Å². The molecule has 0 radical (unpaired) electrons. The number of pyridine rings is 1. The van der Waals surface area contributed by atoms with Gasteiger partial charge < -0.3 is 14.5 Å². The third-order valence-corrected chi connectivity index (χ3v) is 2.53. The number of rotatable bonds is 6. The van der Waals surface area contributed by atoms with Crippen molar-refractivity contribution in [3.63, 3.8) is 0 Å². The van der Waals surface area contributed by atoms with E-state index in [1.54, 1.807) is 30.7 Å². The molecular formula is C15H16N2O3. The van der Waals surface area contributed by atoms with Crippen molar-refractivity contribution < 1.29 is 13.9 Å². The minimum atomic E-state index is -0.201. The molecule has 104 valence electrons. The largest absolute Gasteiger partial charge is 0.478 e. The minimum Gasteiger partial charge on any atom is -0.478 e. The number of aromatic nitrogens is 1. The van der Waals surface area contributed by atoms with E-state index in [0.717, 1.165) is 5.56 Å². The maximum atomic E-state index is 11.7. The Morgan fingerprint density at radius 1 is 1.45 bits per heavy atom. The van der Waals surface area contributed by atoms with Crippen molar-refractivity contribution in [2.45, 2.75) is 13.5 Å². The van der Waals surface area contributed by atoms with Gasteiger partial charge in [-0.25, -0.2) is 4.98 Å². The molecule has 0 fully saturated rings. The molecule has 1 amide bonds. The standard InChI is InChI=1S/C15H16N2O3/c1-2-19-15-12(5-3-9-16-15)11-17-14(18)8-7-13-6-4-10-20-13/h3-10H,2,11H2,1H3,(H,17,18)/b8-7+. The smallest absolute Gasteiger partial charge is 0.244 e. The van der Waals surface area contributed by atoms with Crippen molar-refractivity contribution in [1.82, 2.24) is 10.3 Å². The fourth-order valence-corrected chi connectivity index (χ4v) is 1.61. The van der Waals surface area contributed by atoms with Gasteiger partial charge in [0.25, 0.3) is 0 Å². The van der Waals surface area contributed by atoms with Crippen LogP contribution in [0.5, 0.6) is 5.88 Å². The zero-order valence-electron chi connectivity index (χ0n) is 11.2. The highest BCUT2D eigenvalue weighted by molar-refractivity contribution is 5.91. The van der Waals surface area contributed by atoms with Crippen molar-refractivity contribution in [2.24, 2.45) is 0 Å². The third-order valence-electron chi connectivity index (χ3n) is 2.53. The first-order valence-electron chi connectivity index (χ1n) is 6.35. The minimum absolute atomic E-state index is 0.201. The maximum absolute atomic E-state index is 11.7. The Kier molecular flexibility index (Phi) is 4.94. The molecule has 0 spiro atoms. The lowest BCUT2D eigenvalue weighted by Crippen LogP contribution is -2.20. The highest BCUT2D eigenvalue weighted by Gasteiger charge is 2.05. The van der Waals surface area contributed by atoms with Gasteiger partial charge in [-0.15, -0.1) is 0 Å². The van der Waals surface area contributed by atoms with Crippen LogP contribution >= 0.6 is 0 Å². The zero-order chi connectivity index (χ0) is 14.2. The van der Waals surface area contributed by atoms with Crippen LogP contribution in [0.2, 0.25) is 0 Å². The van der Waals surface area contributed by atoms with Gasteiger partial charge in [-0.3, -0.25) is 4.79 Å². The molecule has 0 aliphatic rings. The summed E-state index contributed by atoms with van der Waals surface area (Å²) in [6.07, 6.45) is 6.26. The second kappa shape index (κ2) is 7.13. The first-order chi connectivity index (χ1) is 9.79. The van der Waals surface area contributed by atoms with Gasteiger partial charge in [-0.2, -0.15) is 0 Å². The Bertz CT molecular complexity index is 577. The molecule has 0 bridgehead atoms. The number of hydrogen-bond acceptors (Lipinski definition) is 4. The Balaban J connectivity index is 1.90. The number of nitrogens with zero attached hydrogens (tertiary/aromatic N) is 1. The Morgan fingerprint density at radius 3 is 3.10 bits per heavy atom. The van der Waals surface area contributed by atoms with Crippen molar-refractivity contribution in [1.29, 1.82) is 0 Å². The average Bonchev–Trinajstić information content (AvgIpc) is 2.98. The Labute approximate surface area is 117 Å². The summed E-state index contributed by atoms with van der Waals surface area (Å²) in [5, 5.41) is 2.77. The van der Waals surface area contributed by atoms with Crippen molar-refractivity contribution in [2.75, 3.05) is 6.61 Å². The molecular weight excluding hydrogens is 256 g/mol. The molecule has 5 nitrogen and oxygen atoms in total. The van der Waals surface area contributed by atoms with E-state index >= 15 is 0 Å². The van der Waals surface area contributed by atoms with Crippen LogP contribution in [0.3, 0.4) is 0 Å². The van der Waals surface area contributed by atoms with E-state index in [1.165, 1.54) is 6.08 Å². The molecule has 0 saturated carbocycles. The van der Waals surface area contributed by atoms with E-state index in [-0.39, 0.29) is 5.91 Å². The number of ether oxygens (including phenoxy) is 1. The number of amides is 1. The summed E-state index contributed by atoms with van der Waals surface area (Å²) in [5.74, 6) is 0.981. The molecule has 0 aliphatic heterocycles. The van der Waals surface area contributed by atoms with Gasteiger partial charge in [0.05, 0.1) is 12.9 Å². The molecule has 2 rings (SSSR count). The summed E-state index contributed by atoms with van der Waals surface area (Å²) in [6.45, 7) is 2.80. The molecule has 5 heteroatoms. The van der Waals surface area contributed by atoms with E-state index in [2.05, 4.69) is 10.3 Å². The monoisotopic (exact) mass is 272 g/mol. The second-order valence-corrected chi connectivity index (χ2v) is 3.97. The van der Waals surface area contributed by atoms with Gasteiger partial charge >= 0.3 is 0 Å². The van der Waals surface area contributed by atoms with Crippen LogP contribution in [0.15, 0.2) is 47.2 Å². The SMILES string of the molecule is CCOc1ncccc1CNC(=O)/C=C/c1ccco1. The Hall–Kier alpha value is -2.56. The van der Waals surface area contributed by atoms with E-state index in [1.807, 2.05) is 19.1 Å². The van der Waals surface area contributed by atoms with Crippen LogP contribution in [-0.2, 0) is 11.3 Å². The number of hydrogen-bond donors (Lipinski definition) is 1. The molecule has 0 unspecified atom stereocenters. The quantitative estimate of drug-likeness (QED) is 0.820.